The minimum atomic E-state index is 0.786. The van der Waals surface area contributed by atoms with Crippen molar-refractivity contribution in [3.63, 3.8) is 0 Å². The molecule has 2 N–H and O–H groups in total. The van der Waals surface area contributed by atoms with Crippen molar-refractivity contribution in [1.82, 2.24) is 5.16 Å². The van der Waals surface area contributed by atoms with Gasteiger partial charge in [-0.2, -0.15) is 0 Å². The van der Waals surface area contributed by atoms with Crippen molar-refractivity contribution in [3.8, 4) is 0 Å². The molecule has 0 atom stereocenters. The van der Waals surface area contributed by atoms with E-state index in [1.165, 1.54) is 11.3 Å². The molecule has 1 aromatic carbocycles. The molecule has 94 valence electrons. The molecule has 4 heteroatoms. The lowest BCUT2D eigenvalue weighted by Gasteiger charge is -2.31. The molecule has 0 bridgehead atoms. The largest absolute Gasteiger partial charge is 0.398 e. The zero-order valence-corrected chi connectivity index (χ0v) is 10.5. The normalized spacial score (nSPS) is 14.6. The fourth-order valence-electron chi connectivity index (χ4n) is 2.58. The Morgan fingerprint density at radius 2 is 2.33 bits per heavy atom. The number of hydrogen-bond donors (Lipinski definition) is 1. The van der Waals surface area contributed by atoms with Crippen LogP contribution in [0.25, 0.3) is 0 Å². The topological polar surface area (TPSA) is 55.3 Å². The lowest BCUT2D eigenvalue weighted by Crippen LogP contribution is -2.29. The molecule has 18 heavy (non-hydrogen) atoms. The summed E-state index contributed by atoms with van der Waals surface area (Å²) in [5.41, 5.74) is 10.4. The van der Waals surface area contributed by atoms with E-state index in [4.69, 9.17) is 10.3 Å². The Morgan fingerprint density at radius 1 is 1.44 bits per heavy atom. The Kier molecular flexibility index (Phi) is 2.70. The summed E-state index contributed by atoms with van der Waals surface area (Å²) in [5.74, 6) is 0.856. The van der Waals surface area contributed by atoms with E-state index < -0.39 is 0 Å². The van der Waals surface area contributed by atoms with Gasteiger partial charge in [0.25, 0.3) is 0 Å². The van der Waals surface area contributed by atoms with Crippen molar-refractivity contribution in [2.45, 2.75) is 26.3 Å². The van der Waals surface area contributed by atoms with Gasteiger partial charge in [-0.15, -0.1) is 0 Å². The Hall–Kier alpha value is -1.97. The van der Waals surface area contributed by atoms with E-state index in [0.29, 0.717) is 0 Å². The molecule has 0 spiro atoms. The summed E-state index contributed by atoms with van der Waals surface area (Å²) in [6, 6.07) is 8.11. The molecule has 0 amide bonds. The van der Waals surface area contributed by atoms with Gasteiger partial charge in [-0.05, 0) is 37.5 Å². The first kappa shape index (κ1) is 11.1. The van der Waals surface area contributed by atoms with Crippen molar-refractivity contribution in [2.24, 2.45) is 0 Å². The van der Waals surface area contributed by atoms with Crippen molar-refractivity contribution >= 4 is 11.4 Å². The van der Waals surface area contributed by atoms with Gasteiger partial charge >= 0.3 is 0 Å². The van der Waals surface area contributed by atoms with E-state index in [1.54, 1.807) is 0 Å². The number of benzene rings is 1. The smallest absolute Gasteiger partial charge is 0.133 e. The second-order valence-electron chi connectivity index (χ2n) is 4.80. The minimum Gasteiger partial charge on any atom is -0.398 e. The molecule has 4 nitrogen and oxygen atoms in total. The maximum atomic E-state index is 6.04. The number of nitrogen functional groups attached to an aromatic ring is 1. The fraction of sp³-hybridized carbons (Fsp3) is 0.357. The number of nitrogens with two attached hydrogens (primary N) is 1. The van der Waals surface area contributed by atoms with Gasteiger partial charge in [0.05, 0.1) is 6.54 Å². The summed E-state index contributed by atoms with van der Waals surface area (Å²) in [6.45, 7) is 3.74. The van der Waals surface area contributed by atoms with Gasteiger partial charge in [0.15, 0.2) is 0 Å². The van der Waals surface area contributed by atoms with Gasteiger partial charge in [0, 0.05) is 24.0 Å². The second-order valence-corrected chi connectivity index (χ2v) is 4.80. The van der Waals surface area contributed by atoms with Crippen LogP contribution in [-0.2, 0) is 13.0 Å². The summed E-state index contributed by atoms with van der Waals surface area (Å²) in [6.07, 6.45) is 2.20. The van der Waals surface area contributed by atoms with Gasteiger partial charge in [0.1, 0.15) is 11.5 Å². The first-order valence-electron chi connectivity index (χ1n) is 6.28. The summed E-state index contributed by atoms with van der Waals surface area (Å²) in [5, 5.41) is 4.06. The summed E-state index contributed by atoms with van der Waals surface area (Å²) in [7, 11) is 0. The highest BCUT2D eigenvalue weighted by Gasteiger charge is 2.19. The van der Waals surface area contributed by atoms with Crippen molar-refractivity contribution in [2.75, 3.05) is 17.2 Å². The molecular weight excluding hydrogens is 226 g/mol. The number of aryl methyl sites for hydroxylation is 1. The van der Waals surface area contributed by atoms with Gasteiger partial charge in [-0.25, -0.2) is 0 Å². The average molecular weight is 243 g/mol. The molecule has 0 fully saturated rings. The average Bonchev–Trinajstić information content (AvgIpc) is 2.76. The highest BCUT2D eigenvalue weighted by molar-refractivity contribution is 5.66. The molecule has 2 aromatic rings. The predicted molar refractivity (Wildman–Crippen MR) is 71.5 cm³/mol. The SMILES string of the molecule is Cc1cc(CN2CCCc3c(N)cccc32)no1. The number of rotatable bonds is 2. The van der Waals surface area contributed by atoms with Crippen LogP contribution >= 0.6 is 0 Å². The molecule has 3 rings (SSSR count). The lowest BCUT2D eigenvalue weighted by molar-refractivity contribution is 0.389. The van der Waals surface area contributed by atoms with Crippen LogP contribution in [0.15, 0.2) is 28.8 Å². The summed E-state index contributed by atoms with van der Waals surface area (Å²) < 4.78 is 5.12. The molecule has 0 radical (unpaired) electrons. The highest BCUT2D eigenvalue weighted by Crippen LogP contribution is 2.32. The number of aromatic nitrogens is 1. The summed E-state index contributed by atoms with van der Waals surface area (Å²) in [4.78, 5) is 2.33. The first-order chi connectivity index (χ1) is 8.74. The monoisotopic (exact) mass is 243 g/mol. The van der Waals surface area contributed by atoms with E-state index in [9.17, 15) is 0 Å². The molecule has 0 saturated carbocycles. The van der Waals surface area contributed by atoms with Gasteiger partial charge < -0.3 is 15.2 Å². The van der Waals surface area contributed by atoms with Crippen LogP contribution < -0.4 is 10.6 Å². The number of anilines is 2. The molecule has 2 heterocycles. The minimum absolute atomic E-state index is 0.786. The predicted octanol–water partition coefficient (Wildman–Crippen LogP) is 2.52. The van der Waals surface area contributed by atoms with Crippen LogP contribution in [0.1, 0.15) is 23.4 Å². The van der Waals surface area contributed by atoms with Crippen LogP contribution in [0.4, 0.5) is 11.4 Å². The van der Waals surface area contributed by atoms with Crippen molar-refractivity contribution in [1.29, 1.82) is 0 Å². The standard InChI is InChI=1S/C14H17N3O/c1-10-8-11(16-18-10)9-17-7-3-4-12-13(15)5-2-6-14(12)17/h2,5-6,8H,3-4,7,9,15H2,1H3. The fourth-order valence-corrected chi connectivity index (χ4v) is 2.58. The highest BCUT2D eigenvalue weighted by atomic mass is 16.5. The maximum Gasteiger partial charge on any atom is 0.133 e. The van der Waals surface area contributed by atoms with Crippen molar-refractivity contribution in [3.05, 3.63) is 41.3 Å². The first-order valence-corrected chi connectivity index (χ1v) is 6.28. The Labute approximate surface area is 106 Å². The molecule has 0 aliphatic carbocycles. The molecule has 0 unspecified atom stereocenters. The maximum absolute atomic E-state index is 6.04. The van der Waals surface area contributed by atoms with Gasteiger partial charge in [-0.3, -0.25) is 0 Å². The van der Waals surface area contributed by atoms with Crippen LogP contribution in [0.3, 0.4) is 0 Å². The third-order valence-electron chi connectivity index (χ3n) is 3.41. The molecule has 0 saturated heterocycles. The van der Waals surface area contributed by atoms with Crippen LogP contribution in [-0.4, -0.2) is 11.7 Å². The molecule has 1 aromatic heterocycles. The Morgan fingerprint density at radius 3 is 3.11 bits per heavy atom. The lowest BCUT2D eigenvalue weighted by atomic mass is 10.00. The Balaban J connectivity index is 1.89. The summed E-state index contributed by atoms with van der Waals surface area (Å²) >= 11 is 0. The van der Waals surface area contributed by atoms with E-state index in [1.807, 2.05) is 25.1 Å². The van der Waals surface area contributed by atoms with Crippen LogP contribution in [0.2, 0.25) is 0 Å². The molecule has 1 aliphatic heterocycles. The zero-order valence-electron chi connectivity index (χ0n) is 10.5. The van der Waals surface area contributed by atoms with Crippen molar-refractivity contribution < 1.29 is 4.52 Å². The van der Waals surface area contributed by atoms with Crippen LogP contribution in [0, 0.1) is 6.92 Å². The third kappa shape index (κ3) is 1.94. The van der Waals surface area contributed by atoms with Gasteiger partial charge in [0.2, 0.25) is 0 Å². The van der Waals surface area contributed by atoms with E-state index in [-0.39, 0.29) is 0 Å². The zero-order chi connectivity index (χ0) is 12.5. The van der Waals surface area contributed by atoms with E-state index >= 15 is 0 Å². The second kappa shape index (κ2) is 4.37. The number of hydrogen-bond acceptors (Lipinski definition) is 4. The number of fused-ring (bicyclic) bond motifs is 1. The molecule has 1 aliphatic rings. The quantitative estimate of drug-likeness (QED) is 0.823. The number of nitrogens with zero attached hydrogens (tertiary/aromatic N) is 2. The van der Waals surface area contributed by atoms with Gasteiger partial charge in [-0.1, -0.05) is 11.2 Å². The Bertz CT molecular complexity index is 562. The third-order valence-corrected chi connectivity index (χ3v) is 3.41. The van der Waals surface area contributed by atoms with Crippen LogP contribution in [0.5, 0.6) is 0 Å². The van der Waals surface area contributed by atoms with E-state index in [0.717, 1.165) is 43.1 Å². The van der Waals surface area contributed by atoms with E-state index in [2.05, 4.69) is 16.1 Å². The molecular formula is C14H17N3O.